The Labute approximate surface area is 130 Å². The molecule has 0 saturated carbocycles. The lowest BCUT2D eigenvalue weighted by molar-refractivity contribution is 0.171. The summed E-state index contributed by atoms with van der Waals surface area (Å²) >= 11 is 9.51. The number of aromatic nitrogens is 2. The van der Waals surface area contributed by atoms with Crippen molar-refractivity contribution in [2.75, 3.05) is 0 Å². The quantitative estimate of drug-likeness (QED) is 0.899. The van der Waals surface area contributed by atoms with Crippen molar-refractivity contribution in [1.29, 1.82) is 0 Å². The molecular formula is C14H15BrClFN2O. The van der Waals surface area contributed by atoms with Crippen molar-refractivity contribution >= 4 is 27.5 Å². The molecule has 20 heavy (non-hydrogen) atoms. The highest BCUT2D eigenvalue weighted by Crippen LogP contribution is 2.28. The van der Waals surface area contributed by atoms with Crippen molar-refractivity contribution in [3.63, 3.8) is 0 Å². The molecule has 0 radical (unpaired) electrons. The number of hydrogen-bond acceptors (Lipinski definition) is 2. The van der Waals surface area contributed by atoms with Gasteiger partial charge in [0, 0.05) is 23.5 Å². The minimum Gasteiger partial charge on any atom is -0.388 e. The van der Waals surface area contributed by atoms with E-state index in [1.54, 1.807) is 23.9 Å². The summed E-state index contributed by atoms with van der Waals surface area (Å²) in [5.74, 6) is -0.435. The number of aliphatic hydroxyl groups is 1. The van der Waals surface area contributed by atoms with Gasteiger partial charge in [-0.25, -0.2) is 4.39 Å². The first-order valence-electron chi connectivity index (χ1n) is 6.27. The number of halogens is 3. The van der Waals surface area contributed by atoms with Crippen LogP contribution in [0.3, 0.4) is 0 Å². The van der Waals surface area contributed by atoms with Crippen LogP contribution >= 0.6 is 27.5 Å². The van der Waals surface area contributed by atoms with Crippen molar-refractivity contribution in [3.8, 4) is 0 Å². The first-order chi connectivity index (χ1) is 9.43. The molecule has 0 aliphatic rings. The van der Waals surface area contributed by atoms with Gasteiger partial charge in [-0.15, -0.1) is 0 Å². The third-order valence-corrected chi connectivity index (χ3v) is 4.14. The number of rotatable bonds is 4. The van der Waals surface area contributed by atoms with Gasteiger partial charge in [0.15, 0.2) is 0 Å². The molecule has 2 aromatic rings. The molecule has 0 amide bonds. The zero-order valence-electron chi connectivity index (χ0n) is 11.2. The van der Waals surface area contributed by atoms with E-state index in [1.807, 2.05) is 6.92 Å². The highest BCUT2D eigenvalue weighted by Gasteiger charge is 2.20. The molecule has 1 heterocycles. The first kappa shape index (κ1) is 15.5. The second-order valence-corrected chi connectivity index (χ2v) is 5.86. The summed E-state index contributed by atoms with van der Waals surface area (Å²) in [6.45, 7) is 1.96. The summed E-state index contributed by atoms with van der Waals surface area (Å²) in [5, 5.41) is 15.1. The van der Waals surface area contributed by atoms with Crippen LogP contribution in [-0.2, 0) is 19.9 Å². The second kappa shape index (κ2) is 6.24. The van der Waals surface area contributed by atoms with E-state index >= 15 is 0 Å². The topological polar surface area (TPSA) is 38.0 Å². The minimum absolute atomic E-state index is 0.218. The number of hydrogen-bond donors (Lipinski definition) is 1. The molecule has 6 heteroatoms. The predicted molar refractivity (Wildman–Crippen MR) is 80.4 cm³/mol. The summed E-state index contributed by atoms with van der Waals surface area (Å²) in [5.41, 5.74) is 1.73. The lowest BCUT2D eigenvalue weighted by atomic mass is 10.0. The lowest BCUT2D eigenvalue weighted by Crippen LogP contribution is -2.08. The molecule has 0 fully saturated rings. The highest BCUT2D eigenvalue weighted by molar-refractivity contribution is 9.10. The van der Waals surface area contributed by atoms with Gasteiger partial charge in [0.05, 0.1) is 22.5 Å². The standard InChI is InChI=1S/C14H15BrClFN2O/c1-3-11-14(16)12(19(2)18-11)7-13(20)9-6-8(15)4-5-10(9)17/h4-6,13,20H,3,7H2,1-2H3. The Morgan fingerprint density at radius 3 is 2.80 bits per heavy atom. The fraction of sp³-hybridized carbons (Fsp3) is 0.357. The van der Waals surface area contributed by atoms with Gasteiger partial charge in [0.2, 0.25) is 0 Å². The molecule has 1 atom stereocenters. The van der Waals surface area contributed by atoms with Gasteiger partial charge in [-0.1, -0.05) is 34.5 Å². The van der Waals surface area contributed by atoms with Crippen molar-refractivity contribution in [2.24, 2.45) is 7.05 Å². The van der Waals surface area contributed by atoms with Crippen LogP contribution in [0.5, 0.6) is 0 Å². The fourth-order valence-electron chi connectivity index (χ4n) is 2.10. The Kier molecular flexibility index (Phi) is 4.83. The predicted octanol–water partition coefficient (Wildman–Crippen LogP) is 3.81. The molecule has 2 rings (SSSR count). The highest BCUT2D eigenvalue weighted by atomic mass is 79.9. The average molecular weight is 362 g/mol. The van der Waals surface area contributed by atoms with E-state index in [0.717, 1.165) is 10.2 Å². The van der Waals surface area contributed by atoms with Gasteiger partial charge in [-0.3, -0.25) is 4.68 Å². The molecule has 0 aliphatic heterocycles. The zero-order chi connectivity index (χ0) is 14.9. The molecular weight excluding hydrogens is 347 g/mol. The molecule has 1 aromatic heterocycles. The Morgan fingerprint density at radius 1 is 1.50 bits per heavy atom. The minimum atomic E-state index is -0.967. The summed E-state index contributed by atoms with van der Waals surface area (Å²) in [6, 6.07) is 4.49. The van der Waals surface area contributed by atoms with E-state index in [2.05, 4.69) is 21.0 Å². The Balaban J connectivity index is 2.30. The molecule has 1 N–H and O–H groups in total. The number of benzene rings is 1. The van der Waals surface area contributed by atoms with Crippen LogP contribution < -0.4 is 0 Å². The molecule has 0 spiro atoms. The maximum absolute atomic E-state index is 13.8. The van der Waals surface area contributed by atoms with Crippen LogP contribution in [0.15, 0.2) is 22.7 Å². The summed E-state index contributed by atoms with van der Waals surface area (Å²) in [7, 11) is 1.77. The maximum Gasteiger partial charge on any atom is 0.129 e. The molecule has 0 aliphatic carbocycles. The monoisotopic (exact) mass is 360 g/mol. The summed E-state index contributed by atoms with van der Waals surface area (Å²) in [4.78, 5) is 0. The van der Waals surface area contributed by atoms with Gasteiger partial charge in [0.1, 0.15) is 5.82 Å². The van der Waals surface area contributed by atoms with Gasteiger partial charge in [0.25, 0.3) is 0 Å². The van der Waals surface area contributed by atoms with Crippen molar-refractivity contribution in [1.82, 2.24) is 9.78 Å². The molecule has 0 saturated heterocycles. The van der Waals surface area contributed by atoms with E-state index in [0.29, 0.717) is 17.1 Å². The van der Waals surface area contributed by atoms with Crippen molar-refractivity contribution in [2.45, 2.75) is 25.9 Å². The van der Waals surface area contributed by atoms with E-state index in [4.69, 9.17) is 11.6 Å². The van der Waals surface area contributed by atoms with Crippen molar-refractivity contribution in [3.05, 3.63) is 50.5 Å². The maximum atomic E-state index is 13.8. The zero-order valence-corrected chi connectivity index (χ0v) is 13.5. The fourth-order valence-corrected chi connectivity index (χ4v) is 2.85. The Bertz CT molecular complexity index is 630. The van der Waals surface area contributed by atoms with Gasteiger partial charge < -0.3 is 5.11 Å². The van der Waals surface area contributed by atoms with Gasteiger partial charge in [-0.2, -0.15) is 5.10 Å². The smallest absolute Gasteiger partial charge is 0.129 e. The van der Waals surface area contributed by atoms with Gasteiger partial charge in [-0.05, 0) is 24.6 Å². The molecule has 1 aromatic carbocycles. The van der Waals surface area contributed by atoms with E-state index in [9.17, 15) is 9.50 Å². The normalized spacial score (nSPS) is 12.7. The number of nitrogens with zero attached hydrogens (tertiary/aromatic N) is 2. The molecule has 1 unspecified atom stereocenters. The largest absolute Gasteiger partial charge is 0.388 e. The van der Waals surface area contributed by atoms with Crippen LogP contribution in [-0.4, -0.2) is 14.9 Å². The third-order valence-electron chi connectivity index (χ3n) is 3.21. The lowest BCUT2D eigenvalue weighted by Gasteiger charge is -2.13. The Hall–Kier alpha value is -0.910. The van der Waals surface area contributed by atoms with Crippen LogP contribution in [0, 0.1) is 5.82 Å². The van der Waals surface area contributed by atoms with E-state index in [1.165, 1.54) is 6.07 Å². The molecule has 3 nitrogen and oxygen atoms in total. The number of aryl methyl sites for hydroxylation is 2. The molecule has 0 bridgehead atoms. The van der Waals surface area contributed by atoms with Crippen LogP contribution in [0.2, 0.25) is 5.02 Å². The SMILES string of the molecule is CCc1nn(C)c(CC(O)c2cc(Br)ccc2F)c1Cl. The van der Waals surface area contributed by atoms with E-state index in [-0.39, 0.29) is 12.0 Å². The summed E-state index contributed by atoms with van der Waals surface area (Å²) in [6.07, 6.45) is -0.0332. The average Bonchev–Trinajstić information content (AvgIpc) is 2.68. The number of aliphatic hydroxyl groups excluding tert-OH is 1. The van der Waals surface area contributed by atoms with Crippen LogP contribution in [0.4, 0.5) is 4.39 Å². The second-order valence-electron chi connectivity index (χ2n) is 4.57. The van der Waals surface area contributed by atoms with Crippen molar-refractivity contribution < 1.29 is 9.50 Å². The Morgan fingerprint density at radius 2 is 2.20 bits per heavy atom. The molecule has 108 valence electrons. The van der Waals surface area contributed by atoms with E-state index < -0.39 is 11.9 Å². The van der Waals surface area contributed by atoms with Crippen LogP contribution in [0.25, 0.3) is 0 Å². The third kappa shape index (κ3) is 3.05. The first-order valence-corrected chi connectivity index (χ1v) is 7.44. The summed E-state index contributed by atoms with van der Waals surface area (Å²) < 4.78 is 16.1. The van der Waals surface area contributed by atoms with Gasteiger partial charge >= 0.3 is 0 Å². The van der Waals surface area contributed by atoms with Crippen LogP contribution in [0.1, 0.15) is 30.0 Å².